The summed E-state index contributed by atoms with van der Waals surface area (Å²) in [5.41, 5.74) is 5.13. The molecule has 4 aromatic heterocycles. The summed E-state index contributed by atoms with van der Waals surface area (Å²) in [6, 6.07) is 3.87. The standard InChI is InChI=1S/C19H17N5OS/c1-3-13-4-5-20-9-16(13)14-8-15(17-21-6-7-24(17)10-14)18(25)23-19-22-12(2)11-26-19/h4-11H,3H2,1-2H3,(H,22,23,25). The Hall–Kier alpha value is -3.06. The van der Waals surface area contributed by atoms with Crippen molar-refractivity contribution in [3.05, 3.63) is 65.3 Å². The molecule has 1 N–H and O–H groups in total. The summed E-state index contributed by atoms with van der Waals surface area (Å²) in [7, 11) is 0. The number of anilines is 1. The number of imidazole rings is 1. The van der Waals surface area contributed by atoms with Crippen molar-refractivity contribution in [1.82, 2.24) is 19.4 Å². The normalized spacial score (nSPS) is 11.0. The summed E-state index contributed by atoms with van der Waals surface area (Å²) in [6.07, 6.45) is 10.0. The molecule has 0 bridgehead atoms. The molecule has 4 heterocycles. The van der Waals surface area contributed by atoms with Gasteiger partial charge in [0.1, 0.15) is 5.65 Å². The second-order valence-electron chi connectivity index (χ2n) is 5.94. The third-order valence-corrected chi connectivity index (χ3v) is 5.05. The first-order valence-corrected chi connectivity index (χ1v) is 9.17. The Morgan fingerprint density at radius 2 is 2.23 bits per heavy atom. The molecule has 4 aromatic rings. The van der Waals surface area contributed by atoms with Gasteiger partial charge in [0, 0.05) is 47.5 Å². The minimum absolute atomic E-state index is 0.223. The molecule has 0 saturated carbocycles. The molecular weight excluding hydrogens is 346 g/mol. The third-order valence-electron chi connectivity index (χ3n) is 4.17. The number of amides is 1. The van der Waals surface area contributed by atoms with Crippen molar-refractivity contribution in [2.45, 2.75) is 20.3 Å². The van der Waals surface area contributed by atoms with Crippen LogP contribution >= 0.6 is 11.3 Å². The molecule has 4 rings (SSSR count). The number of pyridine rings is 2. The quantitative estimate of drug-likeness (QED) is 0.595. The number of carbonyl (C=O) groups excluding carboxylic acids is 1. The highest BCUT2D eigenvalue weighted by Gasteiger charge is 2.16. The number of aryl methyl sites for hydroxylation is 2. The summed E-state index contributed by atoms with van der Waals surface area (Å²) in [5.74, 6) is -0.223. The van der Waals surface area contributed by atoms with Gasteiger partial charge in [0.15, 0.2) is 5.13 Å². The zero-order chi connectivity index (χ0) is 18.1. The Morgan fingerprint density at radius 1 is 1.35 bits per heavy atom. The number of nitrogens with zero attached hydrogens (tertiary/aromatic N) is 4. The van der Waals surface area contributed by atoms with Gasteiger partial charge in [0.2, 0.25) is 0 Å². The number of hydrogen-bond donors (Lipinski definition) is 1. The van der Waals surface area contributed by atoms with E-state index in [9.17, 15) is 4.79 Å². The summed E-state index contributed by atoms with van der Waals surface area (Å²) in [5, 5.41) is 5.35. The van der Waals surface area contributed by atoms with Crippen molar-refractivity contribution < 1.29 is 4.79 Å². The Kier molecular flexibility index (Phi) is 4.22. The smallest absolute Gasteiger partial charge is 0.261 e. The molecule has 6 nitrogen and oxygen atoms in total. The minimum Gasteiger partial charge on any atom is -0.306 e. The average Bonchev–Trinajstić information content (AvgIpc) is 3.29. The van der Waals surface area contributed by atoms with Crippen molar-refractivity contribution in [3.8, 4) is 11.1 Å². The first-order valence-electron chi connectivity index (χ1n) is 8.29. The van der Waals surface area contributed by atoms with Crippen LogP contribution in [0.3, 0.4) is 0 Å². The van der Waals surface area contributed by atoms with E-state index in [2.05, 4.69) is 27.2 Å². The van der Waals surface area contributed by atoms with Crippen LogP contribution in [0.5, 0.6) is 0 Å². The van der Waals surface area contributed by atoms with Crippen LogP contribution in [0, 0.1) is 6.92 Å². The van der Waals surface area contributed by atoms with Gasteiger partial charge in [-0.1, -0.05) is 6.92 Å². The SMILES string of the molecule is CCc1ccncc1-c1cc(C(=O)Nc2nc(C)cs2)c2nccn2c1. The first-order chi connectivity index (χ1) is 12.7. The fourth-order valence-electron chi connectivity index (χ4n) is 2.91. The van der Waals surface area contributed by atoms with E-state index in [-0.39, 0.29) is 5.91 Å². The molecule has 0 aliphatic rings. The van der Waals surface area contributed by atoms with Crippen LogP contribution < -0.4 is 5.32 Å². The highest BCUT2D eigenvalue weighted by atomic mass is 32.1. The Bertz CT molecular complexity index is 1100. The van der Waals surface area contributed by atoms with Crippen molar-refractivity contribution in [2.24, 2.45) is 0 Å². The third kappa shape index (κ3) is 2.97. The van der Waals surface area contributed by atoms with E-state index >= 15 is 0 Å². The zero-order valence-electron chi connectivity index (χ0n) is 14.4. The molecule has 0 radical (unpaired) electrons. The van der Waals surface area contributed by atoms with E-state index in [0.717, 1.165) is 23.2 Å². The van der Waals surface area contributed by atoms with Crippen LogP contribution in [0.2, 0.25) is 0 Å². The molecule has 0 saturated heterocycles. The fourth-order valence-corrected chi connectivity index (χ4v) is 3.60. The molecule has 7 heteroatoms. The number of fused-ring (bicyclic) bond motifs is 1. The Morgan fingerprint density at radius 3 is 3.00 bits per heavy atom. The number of aromatic nitrogens is 4. The minimum atomic E-state index is -0.223. The van der Waals surface area contributed by atoms with Gasteiger partial charge < -0.3 is 4.40 Å². The predicted molar refractivity (Wildman–Crippen MR) is 103 cm³/mol. The molecule has 0 atom stereocenters. The summed E-state index contributed by atoms with van der Waals surface area (Å²) >= 11 is 1.41. The van der Waals surface area contributed by atoms with Crippen molar-refractivity contribution >= 4 is 28.0 Å². The zero-order valence-corrected chi connectivity index (χ0v) is 15.2. The lowest BCUT2D eigenvalue weighted by molar-refractivity contribution is 0.102. The number of nitrogens with one attached hydrogen (secondary N) is 1. The van der Waals surface area contributed by atoms with Crippen LogP contribution in [-0.4, -0.2) is 25.3 Å². The number of rotatable bonds is 4. The van der Waals surface area contributed by atoms with Gasteiger partial charge in [0.05, 0.1) is 11.3 Å². The lowest BCUT2D eigenvalue weighted by Gasteiger charge is -2.11. The van der Waals surface area contributed by atoms with Gasteiger partial charge >= 0.3 is 0 Å². The number of carbonyl (C=O) groups is 1. The molecule has 1 amide bonds. The second kappa shape index (κ2) is 6.68. The van der Waals surface area contributed by atoms with Crippen LogP contribution in [-0.2, 0) is 6.42 Å². The summed E-state index contributed by atoms with van der Waals surface area (Å²) in [4.78, 5) is 25.7. The van der Waals surface area contributed by atoms with E-state index in [4.69, 9.17) is 0 Å². The molecule has 0 fully saturated rings. The molecule has 26 heavy (non-hydrogen) atoms. The van der Waals surface area contributed by atoms with Gasteiger partial charge in [-0.05, 0) is 31.0 Å². The molecular formula is C19H17N5OS. The van der Waals surface area contributed by atoms with Crippen molar-refractivity contribution in [2.75, 3.05) is 5.32 Å². The van der Waals surface area contributed by atoms with E-state index in [1.54, 1.807) is 12.4 Å². The maximum atomic E-state index is 12.9. The lowest BCUT2D eigenvalue weighted by Crippen LogP contribution is -2.13. The Labute approximate surface area is 154 Å². The molecule has 0 spiro atoms. The Balaban J connectivity index is 1.81. The van der Waals surface area contributed by atoms with Crippen LogP contribution in [0.1, 0.15) is 28.5 Å². The van der Waals surface area contributed by atoms with Gasteiger partial charge in [-0.15, -0.1) is 11.3 Å². The van der Waals surface area contributed by atoms with Gasteiger partial charge in [-0.25, -0.2) is 9.97 Å². The van der Waals surface area contributed by atoms with Crippen LogP contribution in [0.15, 0.2) is 48.5 Å². The van der Waals surface area contributed by atoms with Crippen molar-refractivity contribution in [1.29, 1.82) is 0 Å². The lowest BCUT2D eigenvalue weighted by atomic mass is 10.0. The maximum absolute atomic E-state index is 12.9. The summed E-state index contributed by atoms with van der Waals surface area (Å²) < 4.78 is 1.86. The van der Waals surface area contributed by atoms with Gasteiger partial charge in [-0.2, -0.15) is 0 Å². The second-order valence-corrected chi connectivity index (χ2v) is 6.79. The predicted octanol–water partition coefficient (Wildman–Crippen LogP) is 3.98. The highest BCUT2D eigenvalue weighted by molar-refractivity contribution is 7.13. The van der Waals surface area contributed by atoms with E-state index in [0.29, 0.717) is 16.3 Å². The van der Waals surface area contributed by atoms with Gasteiger partial charge in [0.25, 0.3) is 5.91 Å². The van der Waals surface area contributed by atoms with Crippen LogP contribution in [0.4, 0.5) is 5.13 Å². The van der Waals surface area contributed by atoms with E-state index < -0.39 is 0 Å². The van der Waals surface area contributed by atoms with Crippen LogP contribution in [0.25, 0.3) is 16.8 Å². The highest BCUT2D eigenvalue weighted by Crippen LogP contribution is 2.26. The molecule has 0 unspecified atom stereocenters. The van der Waals surface area contributed by atoms with Gasteiger partial charge in [-0.3, -0.25) is 15.1 Å². The summed E-state index contributed by atoms with van der Waals surface area (Å²) in [6.45, 7) is 4.00. The fraction of sp³-hybridized carbons (Fsp3) is 0.158. The molecule has 0 aliphatic carbocycles. The largest absolute Gasteiger partial charge is 0.306 e. The van der Waals surface area contributed by atoms with Crippen molar-refractivity contribution in [3.63, 3.8) is 0 Å². The molecule has 0 aliphatic heterocycles. The topological polar surface area (TPSA) is 72.2 Å². The monoisotopic (exact) mass is 363 g/mol. The molecule has 0 aromatic carbocycles. The van der Waals surface area contributed by atoms with E-state index in [1.165, 1.54) is 16.9 Å². The maximum Gasteiger partial charge on any atom is 0.261 e. The number of hydrogen-bond acceptors (Lipinski definition) is 5. The first kappa shape index (κ1) is 16.4. The molecule has 130 valence electrons. The number of thiazole rings is 1. The average molecular weight is 363 g/mol. The van der Waals surface area contributed by atoms with E-state index in [1.807, 2.05) is 47.4 Å².